The third-order valence-corrected chi connectivity index (χ3v) is 8.36. The fourth-order valence-corrected chi connectivity index (χ4v) is 6.30. The zero-order valence-corrected chi connectivity index (χ0v) is 23.1. The lowest BCUT2D eigenvalue weighted by molar-refractivity contribution is 0.0699. The molecule has 1 saturated carbocycles. The lowest BCUT2D eigenvalue weighted by Crippen LogP contribution is -2.27. The first-order chi connectivity index (χ1) is 19.3. The van der Waals surface area contributed by atoms with Crippen molar-refractivity contribution in [2.24, 2.45) is 0 Å². The number of aromatic carboxylic acids is 1. The number of pyridine rings is 2. The van der Waals surface area contributed by atoms with E-state index in [1.807, 2.05) is 0 Å². The molecule has 0 amide bonds. The van der Waals surface area contributed by atoms with Gasteiger partial charge in [-0.3, -0.25) is 19.3 Å². The number of nitrogens with zero attached hydrogens (tertiary/aromatic N) is 5. The minimum Gasteiger partial charge on any atom is -0.491 e. The van der Waals surface area contributed by atoms with Gasteiger partial charge in [0.2, 0.25) is 0 Å². The van der Waals surface area contributed by atoms with E-state index < -0.39 is 5.97 Å². The summed E-state index contributed by atoms with van der Waals surface area (Å²) in [6, 6.07) is 7.39. The molecule has 40 heavy (non-hydrogen) atoms. The Kier molecular flexibility index (Phi) is 6.49. The van der Waals surface area contributed by atoms with Gasteiger partial charge in [-0.05, 0) is 44.9 Å². The fourth-order valence-electron chi connectivity index (χ4n) is 5.01. The molecule has 11 heteroatoms. The maximum Gasteiger partial charge on any atom is 0.337 e. The number of carboxylic acids is 1. The van der Waals surface area contributed by atoms with Crippen LogP contribution in [0.15, 0.2) is 40.8 Å². The number of hydrogen-bond donors (Lipinski definition) is 1. The second-order valence-corrected chi connectivity index (χ2v) is 11.0. The Morgan fingerprint density at radius 1 is 1.23 bits per heavy atom. The number of carboxylic acid groups (broad SMARTS) is 1. The van der Waals surface area contributed by atoms with Crippen molar-refractivity contribution in [3.05, 3.63) is 79.7 Å². The van der Waals surface area contributed by atoms with Gasteiger partial charge in [-0.15, -0.1) is 11.3 Å². The van der Waals surface area contributed by atoms with Crippen molar-refractivity contribution in [3.63, 3.8) is 0 Å². The third-order valence-electron chi connectivity index (χ3n) is 7.12. The summed E-state index contributed by atoms with van der Waals surface area (Å²) in [6.07, 6.45) is 5.19. The van der Waals surface area contributed by atoms with E-state index in [0.717, 1.165) is 17.5 Å². The van der Waals surface area contributed by atoms with E-state index in [1.54, 1.807) is 49.8 Å². The number of rotatable bonds is 7. The minimum absolute atomic E-state index is 0.137. The van der Waals surface area contributed by atoms with Crippen LogP contribution in [0.4, 0.5) is 0 Å². The van der Waals surface area contributed by atoms with E-state index >= 15 is 0 Å². The van der Waals surface area contributed by atoms with Crippen LogP contribution in [0.5, 0.6) is 5.75 Å². The van der Waals surface area contributed by atoms with Crippen molar-refractivity contribution in [1.82, 2.24) is 19.5 Å². The van der Waals surface area contributed by atoms with Crippen LogP contribution in [-0.2, 0) is 6.54 Å². The van der Waals surface area contributed by atoms with Crippen LogP contribution in [0.3, 0.4) is 0 Å². The Hall–Kier alpha value is -4.33. The van der Waals surface area contributed by atoms with E-state index in [-0.39, 0.29) is 35.6 Å². The smallest absolute Gasteiger partial charge is 0.337 e. The first-order valence-corrected chi connectivity index (χ1v) is 13.9. The molecule has 0 atom stereocenters. The molecule has 4 aromatic heterocycles. The highest BCUT2D eigenvalue weighted by Gasteiger charge is 2.30. The minimum atomic E-state index is -1.01. The van der Waals surface area contributed by atoms with Crippen molar-refractivity contribution >= 4 is 49.9 Å². The molecule has 1 aliphatic carbocycles. The molecule has 9 nitrogen and oxygen atoms in total. The van der Waals surface area contributed by atoms with Gasteiger partial charge >= 0.3 is 5.97 Å². The predicted octanol–water partition coefficient (Wildman–Crippen LogP) is 5.86. The molecular formula is C29H22ClN5O4S. The van der Waals surface area contributed by atoms with Gasteiger partial charge in [-0.2, -0.15) is 5.26 Å². The number of nitriles is 1. The van der Waals surface area contributed by atoms with Gasteiger partial charge < -0.3 is 9.84 Å². The zero-order valence-electron chi connectivity index (χ0n) is 21.6. The molecule has 0 saturated heterocycles. The summed E-state index contributed by atoms with van der Waals surface area (Å²) in [5.74, 6) is 0.211. The van der Waals surface area contributed by atoms with Crippen LogP contribution >= 0.6 is 22.9 Å². The highest BCUT2D eigenvalue weighted by molar-refractivity contribution is 7.18. The molecule has 4 heterocycles. The predicted molar refractivity (Wildman–Crippen MR) is 152 cm³/mol. The van der Waals surface area contributed by atoms with Gasteiger partial charge in [-0.25, -0.2) is 9.78 Å². The summed E-state index contributed by atoms with van der Waals surface area (Å²) in [6.45, 7) is 3.85. The van der Waals surface area contributed by atoms with Gasteiger partial charge in [0.1, 0.15) is 24.3 Å². The van der Waals surface area contributed by atoms with Crippen molar-refractivity contribution in [2.45, 2.75) is 39.2 Å². The zero-order chi connectivity index (χ0) is 28.1. The van der Waals surface area contributed by atoms with Gasteiger partial charge in [0, 0.05) is 49.4 Å². The summed E-state index contributed by atoms with van der Waals surface area (Å²) >= 11 is 7.67. The average Bonchev–Trinajstić information content (AvgIpc) is 3.67. The molecule has 0 radical (unpaired) electrons. The number of ether oxygens (including phenoxy) is 1. The number of thiophene rings is 1. The van der Waals surface area contributed by atoms with E-state index in [4.69, 9.17) is 16.3 Å². The van der Waals surface area contributed by atoms with Gasteiger partial charge in [-0.1, -0.05) is 11.6 Å². The summed E-state index contributed by atoms with van der Waals surface area (Å²) in [4.78, 5) is 38.8. The van der Waals surface area contributed by atoms with E-state index in [0.29, 0.717) is 55.6 Å². The number of fused-ring (bicyclic) bond motifs is 2. The topological polar surface area (TPSA) is 131 Å². The van der Waals surface area contributed by atoms with E-state index in [2.05, 4.69) is 21.0 Å². The van der Waals surface area contributed by atoms with Crippen LogP contribution in [0.2, 0.25) is 5.02 Å². The second kappa shape index (κ2) is 10.0. The summed E-state index contributed by atoms with van der Waals surface area (Å²) in [5, 5.41) is 22.5. The lowest BCUT2D eigenvalue weighted by atomic mass is 10.0. The molecular weight excluding hydrogens is 550 g/mol. The fraction of sp³-hybridized carbons (Fsp3) is 0.241. The van der Waals surface area contributed by atoms with Gasteiger partial charge in [0.05, 0.1) is 40.5 Å². The highest BCUT2D eigenvalue weighted by atomic mass is 35.5. The Labute approximate surface area is 237 Å². The number of hydrogen-bond acceptors (Lipinski definition) is 8. The van der Waals surface area contributed by atoms with Crippen LogP contribution < -0.4 is 10.3 Å². The largest absolute Gasteiger partial charge is 0.491 e. The maximum absolute atomic E-state index is 13.6. The molecule has 1 fully saturated rings. The first-order valence-electron chi connectivity index (χ1n) is 12.6. The van der Waals surface area contributed by atoms with Crippen molar-refractivity contribution in [3.8, 4) is 22.9 Å². The number of aryl methyl sites for hydroxylation is 2. The Morgan fingerprint density at radius 2 is 2.02 bits per heavy atom. The van der Waals surface area contributed by atoms with Crippen LogP contribution in [-0.4, -0.2) is 37.2 Å². The molecule has 1 aliphatic rings. The molecule has 1 aromatic carbocycles. The molecule has 6 rings (SSSR count). The summed E-state index contributed by atoms with van der Waals surface area (Å²) in [7, 11) is 0. The molecule has 0 spiro atoms. The normalized spacial score (nSPS) is 13.1. The van der Waals surface area contributed by atoms with Crippen molar-refractivity contribution < 1.29 is 14.6 Å². The molecule has 0 bridgehead atoms. The SMILES string of the molecule is Cc1ncc(-c2cc(Cl)ccc2OCCn2c(C)nc3cnc(C4CC4)c(C#N)c3c2=O)c2scc(C(=O)O)c12. The maximum atomic E-state index is 13.6. The van der Waals surface area contributed by atoms with Gasteiger partial charge in [0.15, 0.2) is 0 Å². The van der Waals surface area contributed by atoms with Crippen molar-refractivity contribution in [2.75, 3.05) is 6.61 Å². The molecule has 5 aromatic rings. The Morgan fingerprint density at radius 3 is 2.75 bits per heavy atom. The number of carbonyl (C=O) groups is 1. The quantitative estimate of drug-likeness (QED) is 0.257. The highest BCUT2D eigenvalue weighted by Crippen LogP contribution is 2.42. The number of halogens is 1. The average molecular weight is 572 g/mol. The van der Waals surface area contributed by atoms with Gasteiger partial charge in [0.25, 0.3) is 5.56 Å². The number of benzene rings is 1. The number of aromatic nitrogens is 4. The Bertz CT molecular complexity index is 1960. The second-order valence-electron chi connectivity index (χ2n) is 9.69. The van der Waals surface area contributed by atoms with E-state index in [1.165, 1.54) is 15.9 Å². The Balaban J connectivity index is 1.35. The molecule has 0 aliphatic heterocycles. The van der Waals surface area contributed by atoms with Crippen LogP contribution in [0.25, 0.3) is 32.1 Å². The third kappa shape index (κ3) is 4.37. The summed E-state index contributed by atoms with van der Waals surface area (Å²) < 4.78 is 8.46. The van der Waals surface area contributed by atoms with Crippen LogP contribution in [0.1, 0.15) is 51.9 Å². The monoisotopic (exact) mass is 571 g/mol. The summed E-state index contributed by atoms with van der Waals surface area (Å²) in [5.41, 5.74) is 3.28. The van der Waals surface area contributed by atoms with Crippen molar-refractivity contribution in [1.29, 1.82) is 5.26 Å². The molecule has 200 valence electrons. The van der Waals surface area contributed by atoms with Crippen LogP contribution in [0, 0.1) is 25.2 Å². The molecule has 1 N–H and O–H groups in total. The first kappa shape index (κ1) is 25.9. The van der Waals surface area contributed by atoms with E-state index in [9.17, 15) is 20.0 Å². The standard InChI is InChI=1S/C29H22ClN5O4S/c1-14-24-21(29(37)38)13-40-27(24)20(11-32-14)18-9-17(30)5-6-23(18)39-8-7-35-15(2)34-22-12-33-26(16-3-4-16)19(10-31)25(22)28(35)36/h5-6,9,11-13,16H,3-4,7-8H2,1-2H3,(H,37,38). The molecule has 0 unspecified atom stereocenters. The lowest BCUT2D eigenvalue weighted by Gasteiger charge is -2.15.